The minimum Gasteiger partial charge on any atom is -0.385 e. The van der Waals surface area contributed by atoms with Crippen molar-refractivity contribution in [2.75, 3.05) is 54.0 Å². The molecule has 1 fully saturated rings. The van der Waals surface area contributed by atoms with E-state index in [1.165, 1.54) is 5.56 Å². The average molecular weight is 478 g/mol. The monoisotopic (exact) mass is 478 g/mol. The van der Waals surface area contributed by atoms with Gasteiger partial charge in [0.2, 0.25) is 0 Å². The number of halogens is 2. The quantitative estimate of drug-likeness (QED) is 0.235. The van der Waals surface area contributed by atoms with E-state index < -0.39 is 0 Å². The van der Waals surface area contributed by atoms with E-state index in [0.717, 1.165) is 58.0 Å². The molecule has 0 unspecified atom stereocenters. The first-order valence-electron chi connectivity index (χ1n) is 8.98. The molecule has 7 heteroatoms. The van der Waals surface area contributed by atoms with Gasteiger partial charge in [-0.25, -0.2) is 4.39 Å². The van der Waals surface area contributed by atoms with E-state index in [2.05, 4.69) is 27.6 Å². The summed E-state index contributed by atoms with van der Waals surface area (Å²) < 4.78 is 18.2. The molecular formula is C19H32FIN4O. The van der Waals surface area contributed by atoms with Gasteiger partial charge in [-0.3, -0.25) is 4.99 Å². The van der Waals surface area contributed by atoms with Crippen molar-refractivity contribution in [2.24, 2.45) is 4.99 Å². The van der Waals surface area contributed by atoms with E-state index in [4.69, 9.17) is 4.74 Å². The van der Waals surface area contributed by atoms with Crippen LogP contribution in [0.3, 0.4) is 0 Å². The lowest BCUT2D eigenvalue weighted by Crippen LogP contribution is -2.43. The zero-order valence-corrected chi connectivity index (χ0v) is 18.4. The summed E-state index contributed by atoms with van der Waals surface area (Å²) in [5, 5.41) is 6.78. The third-order valence-corrected chi connectivity index (χ3v) is 4.80. The summed E-state index contributed by atoms with van der Waals surface area (Å²) in [4.78, 5) is 6.57. The fraction of sp³-hybridized carbons (Fsp3) is 0.632. The Morgan fingerprint density at radius 3 is 2.50 bits per heavy atom. The van der Waals surface area contributed by atoms with Crippen LogP contribution in [0.5, 0.6) is 0 Å². The topological polar surface area (TPSA) is 48.9 Å². The molecule has 0 aromatic heterocycles. The maximum Gasteiger partial charge on any atom is 0.191 e. The number of hydrogen-bond donors (Lipinski definition) is 2. The number of aliphatic imine (C=N–C) groups is 1. The van der Waals surface area contributed by atoms with Crippen LogP contribution in [0.2, 0.25) is 0 Å². The predicted molar refractivity (Wildman–Crippen MR) is 116 cm³/mol. The fourth-order valence-electron chi connectivity index (χ4n) is 2.95. The summed E-state index contributed by atoms with van der Waals surface area (Å²) in [7, 11) is 5.63. The molecule has 0 saturated heterocycles. The first-order valence-corrected chi connectivity index (χ1v) is 8.98. The van der Waals surface area contributed by atoms with Crippen LogP contribution in [0.15, 0.2) is 29.3 Å². The lowest BCUT2D eigenvalue weighted by Gasteiger charge is -2.21. The number of benzene rings is 1. The number of nitrogens with zero attached hydrogens (tertiary/aromatic N) is 2. The molecule has 26 heavy (non-hydrogen) atoms. The number of methoxy groups -OCH3 is 1. The fourth-order valence-corrected chi connectivity index (χ4v) is 2.95. The molecule has 0 amide bonds. The summed E-state index contributed by atoms with van der Waals surface area (Å²) in [5.74, 6) is 0.637. The second-order valence-electron chi connectivity index (χ2n) is 6.79. The van der Waals surface area contributed by atoms with Crippen molar-refractivity contribution in [3.63, 3.8) is 0 Å². The zero-order chi connectivity index (χ0) is 18.1. The maximum atomic E-state index is 13.1. The van der Waals surface area contributed by atoms with Crippen LogP contribution in [-0.2, 0) is 10.2 Å². The van der Waals surface area contributed by atoms with Gasteiger partial charge in [0.05, 0.1) is 0 Å². The summed E-state index contributed by atoms with van der Waals surface area (Å²) in [6.45, 7) is 4.43. The normalized spacial score (nSPS) is 15.5. The molecule has 1 aliphatic carbocycles. The van der Waals surface area contributed by atoms with Gasteiger partial charge in [-0.15, -0.1) is 24.0 Å². The van der Waals surface area contributed by atoms with E-state index in [1.54, 1.807) is 26.3 Å². The van der Waals surface area contributed by atoms with E-state index in [9.17, 15) is 4.39 Å². The molecule has 0 atom stereocenters. The summed E-state index contributed by atoms with van der Waals surface area (Å²) in [6, 6.07) is 6.88. The van der Waals surface area contributed by atoms with Crippen molar-refractivity contribution < 1.29 is 9.13 Å². The Hall–Kier alpha value is -0.930. The maximum absolute atomic E-state index is 13.1. The Morgan fingerprint density at radius 2 is 1.92 bits per heavy atom. The van der Waals surface area contributed by atoms with Crippen LogP contribution >= 0.6 is 24.0 Å². The minimum atomic E-state index is -0.181. The molecule has 1 aromatic carbocycles. The number of ether oxygens (including phenoxy) is 1. The van der Waals surface area contributed by atoms with E-state index in [-0.39, 0.29) is 35.2 Å². The molecule has 1 saturated carbocycles. The molecule has 0 radical (unpaired) electrons. The number of rotatable bonds is 10. The average Bonchev–Trinajstić information content (AvgIpc) is 3.40. The Balaban J connectivity index is 0.00000338. The molecule has 0 aliphatic heterocycles. The number of hydrogen-bond acceptors (Lipinski definition) is 3. The van der Waals surface area contributed by atoms with Crippen molar-refractivity contribution in [1.29, 1.82) is 0 Å². The van der Waals surface area contributed by atoms with Crippen LogP contribution in [-0.4, -0.2) is 64.9 Å². The highest BCUT2D eigenvalue weighted by Gasteiger charge is 2.44. The number of nitrogens with one attached hydrogen (secondary N) is 2. The van der Waals surface area contributed by atoms with E-state index in [0.29, 0.717) is 0 Å². The third kappa shape index (κ3) is 7.36. The minimum absolute atomic E-state index is 0. The third-order valence-electron chi connectivity index (χ3n) is 4.80. The molecule has 0 spiro atoms. The van der Waals surface area contributed by atoms with Crippen molar-refractivity contribution in [3.8, 4) is 0 Å². The Bertz CT molecular complexity index is 549. The van der Waals surface area contributed by atoms with Crippen LogP contribution in [0.25, 0.3) is 0 Å². The van der Waals surface area contributed by atoms with Gasteiger partial charge in [-0.1, -0.05) is 12.1 Å². The second kappa shape index (κ2) is 11.7. The molecular weight excluding hydrogens is 446 g/mol. The number of guanidine groups is 1. The molecule has 1 aliphatic rings. The van der Waals surface area contributed by atoms with Crippen LogP contribution < -0.4 is 10.6 Å². The van der Waals surface area contributed by atoms with Crippen LogP contribution in [0.4, 0.5) is 4.39 Å². The molecule has 148 valence electrons. The van der Waals surface area contributed by atoms with Crippen molar-refractivity contribution >= 4 is 29.9 Å². The van der Waals surface area contributed by atoms with Gasteiger partial charge < -0.3 is 20.3 Å². The predicted octanol–water partition coefficient (Wildman–Crippen LogP) is 2.61. The highest BCUT2D eigenvalue weighted by Crippen LogP contribution is 2.47. The van der Waals surface area contributed by atoms with Gasteiger partial charge in [-0.05, 0) is 44.0 Å². The SMILES string of the molecule is CN=C(NCCN(C)CCCOC)NCC1(c2ccc(F)cc2)CC1.I. The summed E-state index contributed by atoms with van der Waals surface area (Å²) in [6.07, 6.45) is 3.30. The zero-order valence-electron chi connectivity index (χ0n) is 16.1. The van der Waals surface area contributed by atoms with Crippen LogP contribution in [0.1, 0.15) is 24.8 Å². The van der Waals surface area contributed by atoms with Crippen molar-refractivity contribution in [2.45, 2.75) is 24.7 Å². The summed E-state index contributed by atoms with van der Waals surface area (Å²) >= 11 is 0. The van der Waals surface area contributed by atoms with E-state index >= 15 is 0 Å². The van der Waals surface area contributed by atoms with Crippen molar-refractivity contribution in [3.05, 3.63) is 35.6 Å². The van der Waals surface area contributed by atoms with Gasteiger partial charge >= 0.3 is 0 Å². The molecule has 1 aromatic rings. The van der Waals surface area contributed by atoms with Crippen molar-refractivity contribution in [1.82, 2.24) is 15.5 Å². The van der Waals surface area contributed by atoms with Gasteiger partial charge in [0.25, 0.3) is 0 Å². The highest BCUT2D eigenvalue weighted by atomic mass is 127. The second-order valence-corrected chi connectivity index (χ2v) is 6.79. The number of likely N-dealkylation sites (N-methyl/N-ethyl adjacent to an activating group) is 1. The lowest BCUT2D eigenvalue weighted by atomic mass is 9.96. The summed E-state index contributed by atoms with van der Waals surface area (Å²) in [5.41, 5.74) is 1.33. The largest absolute Gasteiger partial charge is 0.385 e. The lowest BCUT2D eigenvalue weighted by molar-refractivity contribution is 0.180. The van der Waals surface area contributed by atoms with E-state index in [1.807, 2.05) is 12.1 Å². The van der Waals surface area contributed by atoms with Crippen LogP contribution in [0, 0.1) is 5.82 Å². The first-order chi connectivity index (χ1) is 12.1. The Morgan fingerprint density at radius 1 is 1.23 bits per heavy atom. The first kappa shape index (κ1) is 23.1. The van der Waals surface area contributed by atoms with Gasteiger partial charge in [0, 0.05) is 52.4 Å². The smallest absolute Gasteiger partial charge is 0.191 e. The molecule has 5 nitrogen and oxygen atoms in total. The molecule has 2 N–H and O–H groups in total. The Labute approximate surface area is 173 Å². The van der Waals surface area contributed by atoms with Gasteiger partial charge in [0.15, 0.2) is 5.96 Å². The highest BCUT2D eigenvalue weighted by molar-refractivity contribution is 14.0. The molecule has 2 rings (SSSR count). The van der Waals surface area contributed by atoms with Gasteiger partial charge in [0.1, 0.15) is 5.82 Å². The standard InChI is InChI=1S/C19H31FN4O.HI/c1-21-18(22-11-13-24(2)12-4-14-25-3)23-15-19(9-10-19)16-5-7-17(20)8-6-16;/h5-8H,4,9-15H2,1-3H3,(H2,21,22,23);1H. The molecule has 0 heterocycles. The Kier molecular flexibility index (Phi) is 10.4. The van der Waals surface area contributed by atoms with Gasteiger partial charge in [-0.2, -0.15) is 0 Å². The molecule has 0 bridgehead atoms.